The van der Waals surface area contributed by atoms with E-state index in [1.54, 1.807) is 0 Å². The molecule has 0 aromatic heterocycles. The Kier molecular flexibility index (Phi) is 3.78. The van der Waals surface area contributed by atoms with Gasteiger partial charge in [0.15, 0.2) is 5.78 Å². The van der Waals surface area contributed by atoms with Crippen LogP contribution >= 0.6 is 0 Å². The lowest BCUT2D eigenvalue weighted by Gasteiger charge is -2.18. The van der Waals surface area contributed by atoms with Gasteiger partial charge < -0.3 is 10.6 Å². The SMILES string of the molecule is O=C(C=C1NCCCN1)c1ccc(C(F)(F)F)cc1. The van der Waals surface area contributed by atoms with Crippen LogP contribution in [0.5, 0.6) is 0 Å². The molecule has 1 fully saturated rings. The molecular weight excluding hydrogens is 257 g/mol. The molecule has 1 heterocycles. The molecule has 0 radical (unpaired) electrons. The zero-order valence-corrected chi connectivity index (χ0v) is 10.1. The largest absolute Gasteiger partial charge is 0.416 e. The van der Waals surface area contributed by atoms with Crippen molar-refractivity contribution in [3.05, 3.63) is 47.3 Å². The molecule has 0 aliphatic carbocycles. The topological polar surface area (TPSA) is 41.1 Å². The molecule has 0 amide bonds. The highest BCUT2D eigenvalue weighted by atomic mass is 19.4. The van der Waals surface area contributed by atoms with Crippen LogP contribution in [-0.4, -0.2) is 18.9 Å². The summed E-state index contributed by atoms with van der Waals surface area (Å²) in [4.78, 5) is 11.8. The minimum Gasteiger partial charge on any atom is -0.372 e. The first-order valence-corrected chi connectivity index (χ1v) is 5.88. The number of allylic oxidation sites excluding steroid dienone is 1. The Hall–Kier alpha value is -1.98. The summed E-state index contributed by atoms with van der Waals surface area (Å²) in [5.41, 5.74) is -0.528. The van der Waals surface area contributed by atoms with Crippen molar-refractivity contribution in [2.75, 3.05) is 13.1 Å². The highest BCUT2D eigenvalue weighted by Crippen LogP contribution is 2.29. The van der Waals surface area contributed by atoms with Gasteiger partial charge in [0.2, 0.25) is 0 Å². The molecule has 2 N–H and O–H groups in total. The van der Waals surface area contributed by atoms with Crippen LogP contribution in [0.25, 0.3) is 0 Å². The van der Waals surface area contributed by atoms with Crippen molar-refractivity contribution < 1.29 is 18.0 Å². The predicted molar refractivity (Wildman–Crippen MR) is 64.5 cm³/mol. The summed E-state index contributed by atoms with van der Waals surface area (Å²) >= 11 is 0. The minimum absolute atomic E-state index is 0.231. The van der Waals surface area contributed by atoms with Crippen molar-refractivity contribution in [2.24, 2.45) is 0 Å². The van der Waals surface area contributed by atoms with Crippen molar-refractivity contribution >= 4 is 5.78 Å². The quantitative estimate of drug-likeness (QED) is 0.640. The van der Waals surface area contributed by atoms with E-state index in [2.05, 4.69) is 10.6 Å². The average molecular weight is 270 g/mol. The Labute approximate surface area is 108 Å². The van der Waals surface area contributed by atoms with Gasteiger partial charge >= 0.3 is 6.18 Å². The highest BCUT2D eigenvalue weighted by molar-refractivity contribution is 6.04. The van der Waals surface area contributed by atoms with Crippen molar-refractivity contribution in [1.29, 1.82) is 0 Å². The predicted octanol–water partition coefficient (Wildman–Crippen LogP) is 2.31. The normalized spacial score (nSPS) is 15.4. The van der Waals surface area contributed by atoms with E-state index < -0.39 is 11.7 Å². The van der Waals surface area contributed by atoms with Crippen LogP contribution in [0.2, 0.25) is 0 Å². The number of benzene rings is 1. The van der Waals surface area contributed by atoms with Crippen LogP contribution < -0.4 is 10.6 Å². The zero-order valence-electron chi connectivity index (χ0n) is 10.1. The van der Waals surface area contributed by atoms with Gasteiger partial charge in [0.05, 0.1) is 5.56 Å². The van der Waals surface area contributed by atoms with E-state index in [4.69, 9.17) is 0 Å². The summed E-state index contributed by atoms with van der Waals surface area (Å²) < 4.78 is 37.1. The summed E-state index contributed by atoms with van der Waals surface area (Å²) in [6.45, 7) is 1.55. The molecule has 3 nitrogen and oxygen atoms in total. The summed E-state index contributed by atoms with van der Waals surface area (Å²) in [5.74, 6) is 0.279. The van der Waals surface area contributed by atoms with E-state index >= 15 is 0 Å². The molecule has 0 saturated carbocycles. The first kappa shape index (κ1) is 13.5. The molecule has 102 valence electrons. The van der Waals surface area contributed by atoms with Crippen LogP contribution in [0.4, 0.5) is 13.2 Å². The molecule has 0 unspecified atom stereocenters. The molecule has 6 heteroatoms. The Balaban J connectivity index is 2.11. The Morgan fingerprint density at radius 3 is 2.21 bits per heavy atom. The number of halogens is 3. The molecule has 2 rings (SSSR count). The molecule has 1 aliphatic rings. The third-order valence-corrected chi connectivity index (χ3v) is 2.76. The van der Waals surface area contributed by atoms with E-state index in [1.165, 1.54) is 18.2 Å². The zero-order chi connectivity index (χ0) is 13.9. The van der Waals surface area contributed by atoms with E-state index in [9.17, 15) is 18.0 Å². The van der Waals surface area contributed by atoms with E-state index in [-0.39, 0.29) is 11.3 Å². The van der Waals surface area contributed by atoms with E-state index in [0.717, 1.165) is 31.6 Å². The van der Waals surface area contributed by atoms with Crippen LogP contribution in [0.1, 0.15) is 22.3 Å². The third-order valence-electron chi connectivity index (χ3n) is 2.76. The van der Waals surface area contributed by atoms with Gasteiger partial charge in [-0.05, 0) is 18.6 Å². The maximum atomic E-state index is 12.4. The molecule has 1 aliphatic heterocycles. The van der Waals surface area contributed by atoms with Crippen molar-refractivity contribution in [1.82, 2.24) is 10.6 Å². The van der Waals surface area contributed by atoms with Gasteiger partial charge in [0.1, 0.15) is 5.82 Å². The fraction of sp³-hybridized carbons (Fsp3) is 0.308. The Bertz CT molecular complexity index is 484. The Morgan fingerprint density at radius 1 is 1.11 bits per heavy atom. The van der Waals surface area contributed by atoms with Crippen LogP contribution in [0.15, 0.2) is 36.2 Å². The monoisotopic (exact) mass is 270 g/mol. The van der Waals surface area contributed by atoms with E-state index in [0.29, 0.717) is 5.82 Å². The van der Waals surface area contributed by atoms with Crippen LogP contribution in [0, 0.1) is 0 Å². The number of hydrogen-bond donors (Lipinski definition) is 2. The summed E-state index contributed by atoms with van der Waals surface area (Å²) in [6, 6.07) is 4.19. The number of hydrogen-bond acceptors (Lipinski definition) is 3. The second-order valence-electron chi connectivity index (χ2n) is 4.20. The molecule has 0 spiro atoms. The molecule has 19 heavy (non-hydrogen) atoms. The summed E-state index contributed by atoms with van der Waals surface area (Å²) in [6.07, 6.45) is -2.06. The second-order valence-corrected chi connectivity index (χ2v) is 4.20. The fourth-order valence-corrected chi connectivity index (χ4v) is 1.74. The molecule has 1 saturated heterocycles. The molecule has 1 aromatic rings. The fourth-order valence-electron chi connectivity index (χ4n) is 1.74. The van der Waals surface area contributed by atoms with Crippen molar-refractivity contribution in [3.63, 3.8) is 0 Å². The average Bonchev–Trinajstić information content (AvgIpc) is 2.39. The number of ketones is 1. The van der Waals surface area contributed by atoms with Gasteiger partial charge in [-0.3, -0.25) is 4.79 Å². The van der Waals surface area contributed by atoms with Crippen LogP contribution in [0.3, 0.4) is 0 Å². The summed E-state index contributed by atoms with van der Waals surface area (Å²) in [7, 11) is 0. The maximum Gasteiger partial charge on any atom is 0.416 e. The van der Waals surface area contributed by atoms with Crippen molar-refractivity contribution in [3.8, 4) is 0 Å². The number of carbonyl (C=O) groups excluding carboxylic acids is 1. The highest BCUT2D eigenvalue weighted by Gasteiger charge is 2.30. The molecule has 0 bridgehead atoms. The number of alkyl halides is 3. The van der Waals surface area contributed by atoms with Crippen LogP contribution in [-0.2, 0) is 6.18 Å². The first-order valence-electron chi connectivity index (χ1n) is 5.88. The smallest absolute Gasteiger partial charge is 0.372 e. The number of nitrogens with one attached hydrogen (secondary N) is 2. The Morgan fingerprint density at radius 2 is 1.68 bits per heavy atom. The summed E-state index contributed by atoms with van der Waals surface area (Å²) in [5, 5.41) is 6.01. The van der Waals surface area contributed by atoms with E-state index in [1.807, 2.05) is 0 Å². The van der Waals surface area contributed by atoms with Gasteiger partial charge in [0.25, 0.3) is 0 Å². The first-order chi connectivity index (χ1) is 8.97. The molecule has 0 atom stereocenters. The van der Waals surface area contributed by atoms with Crippen molar-refractivity contribution in [2.45, 2.75) is 12.6 Å². The second kappa shape index (κ2) is 5.34. The van der Waals surface area contributed by atoms with Gasteiger partial charge in [-0.25, -0.2) is 0 Å². The minimum atomic E-state index is -4.38. The standard InChI is InChI=1S/C13H13F3N2O/c14-13(15,16)10-4-2-9(3-5-10)11(19)8-12-17-6-1-7-18-12/h2-5,8,17-18H,1,6-7H2. The lowest BCUT2D eigenvalue weighted by Crippen LogP contribution is -2.35. The lowest BCUT2D eigenvalue weighted by atomic mass is 10.1. The van der Waals surface area contributed by atoms with Gasteiger partial charge in [0, 0.05) is 24.7 Å². The maximum absolute atomic E-state index is 12.4. The molecule has 1 aromatic carbocycles. The molecular formula is C13H13F3N2O. The number of carbonyl (C=O) groups is 1. The van der Waals surface area contributed by atoms with Gasteiger partial charge in [-0.15, -0.1) is 0 Å². The third kappa shape index (κ3) is 3.49. The van der Waals surface area contributed by atoms with Gasteiger partial charge in [-0.2, -0.15) is 13.2 Å². The lowest BCUT2D eigenvalue weighted by molar-refractivity contribution is -0.137. The number of rotatable bonds is 2. The van der Waals surface area contributed by atoms with Gasteiger partial charge in [-0.1, -0.05) is 12.1 Å².